The van der Waals surface area contributed by atoms with Gasteiger partial charge < -0.3 is 19.8 Å². The number of carboxylic acid groups (broad SMARTS) is 1. The van der Waals surface area contributed by atoms with Crippen molar-refractivity contribution in [1.82, 2.24) is 4.90 Å². The minimum absolute atomic E-state index is 0.00764. The first kappa shape index (κ1) is 18.9. The predicted octanol–water partition coefficient (Wildman–Crippen LogP) is 1.09. The number of rotatable bonds is 4. The predicted molar refractivity (Wildman–Crippen MR) is 102 cm³/mol. The van der Waals surface area contributed by atoms with E-state index in [-0.39, 0.29) is 30.0 Å². The standard InChI is InChI=1S/C20H25N3O5/c24-18-8-4-7-14(18)17-12-28-10-9-22(17)19(25)15-11-16(20(26)27)23(21-15)13-5-2-1-3-6-13/h1-3,5-6,14,16-18,24H,4,7-12H2,(H,26,27). The van der Waals surface area contributed by atoms with E-state index in [1.165, 1.54) is 5.01 Å². The summed E-state index contributed by atoms with van der Waals surface area (Å²) < 4.78 is 5.59. The van der Waals surface area contributed by atoms with Gasteiger partial charge in [-0.2, -0.15) is 5.10 Å². The first-order valence-corrected chi connectivity index (χ1v) is 9.77. The number of anilines is 1. The second-order valence-electron chi connectivity index (χ2n) is 7.59. The highest BCUT2D eigenvalue weighted by molar-refractivity contribution is 6.40. The van der Waals surface area contributed by atoms with Gasteiger partial charge in [0.15, 0.2) is 6.04 Å². The van der Waals surface area contributed by atoms with Crippen molar-refractivity contribution >= 4 is 23.3 Å². The van der Waals surface area contributed by atoms with Gasteiger partial charge in [0.1, 0.15) is 5.71 Å². The van der Waals surface area contributed by atoms with Crippen LogP contribution >= 0.6 is 0 Å². The summed E-state index contributed by atoms with van der Waals surface area (Å²) in [4.78, 5) is 26.7. The molecular weight excluding hydrogens is 362 g/mol. The van der Waals surface area contributed by atoms with E-state index in [2.05, 4.69) is 5.10 Å². The molecule has 8 heteroatoms. The molecule has 2 aliphatic heterocycles. The van der Waals surface area contributed by atoms with Crippen LogP contribution in [-0.4, -0.2) is 70.6 Å². The Bertz CT molecular complexity index is 768. The largest absolute Gasteiger partial charge is 0.480 e. The molecule has 1 saturated carbocycles. The average molecular weight is 387 g/mol. The maximum atomic E-state index is 13.3. The second kappa shape index (κ2) is 7.89. The summed E-state index contributed by atoms with van der Waals surface area (Å²) in [5.41, 5.74) is 0.887. The van der Waals surface area contributed by atoms with E-state index in [0.29, 0.717) is 25.4 Å². The number of para-hydroxylation sites is 1. The van der Waals surface area contributed by atoms with Crippen LogP contribution in [0.4, 0.5) is 5.69 Å². The monoisotopic (exact) mass is 387 g/mol. The minimum Gasteiger partial charge on any atom is -0.480 e. The molecule has 3 aliphatic rings. The van der Waals surface area contributed by atoms with Gasteiger partial charge in [0, 0.05) is 18.9 Å². The van der Waals surface area contributed by atoms with Crippen molar-refractivity contribution in [3.05, 3.63) is 30.3 Å². The molecule has 150 valence electrons. The lowest BCUT2D eigenvalue weighted by Crippen LogP contribution is -2.55. The second-order valence-corrected chi connectivity index (χ2v) is 7.59. The molecule has 1 aromatic carbocycles. The van der Waals surface area contributed by atoms with Crippen molar-refractivity contribution < 1.29 is 24.5 Å². The molecule has 4 unspecified atom stereocenters. The Morgan fingerprint density at radius 3 is 2.64 bits per heavy atom. The molecule has 8 nitrogen and oxygen atoms in total. The number of hydrogen-bond donors (Lipinski definition) is 2. The number of hydrazone groups is 1. The average Bonchev–Trinajstić information content (AvgIpc) is 3.35. The summed E-state index contributed by atoms with van der Waals surface area (Å²) in [6, 6.07) is 7.91. The van der Waals surface area contributed by atoms with Crippen LogP contribution in [0.15, 0.2) is 35.4 Å². The summed E-state index contributed by atoms with van der Waals surface area (Å²) in [5, 5.41) is 25.7. The van der Waals surface area contributed by atoms with Gasteiger partial charge in [-0.05, 0) is 25.0 Å². The number of carboxylic acids is 1. The number of carbonyl (C=O) groups excluding carboxylic acids is 1. The van der Waals surface area contributed by atoms with E-state index in [0.717, 1.165) is 19.3 Å². The Labute approximate surface area is 163 Å². The SMILES string of the molecule is O=C(O)C1CC(C(=O)N2CCOCC2C2CCCC2O)=NN1c1ccccc1. The van der Waals surface area contributed by atoms with Crippen molar-refractivity contribution in [3.8, 4) is 0 Å². The first-order valence-electron chi connectivity index (χ1n) is 9.77. The van der Waals surface area contributed by atoms with E-state index in [4.69, 9.17) is 4.74 Å². The number of aliphatic hydroxyl groups excluding tert-OH is 1. The van der Waals surface area contributed by atoms with Crippen LogP contribution in [0.1, 0.15) is 25.7 Å². The number of aliphatic carboxylic acids is 1. The molecule has 0 radical (unpaired) electrons. The number of ether oxygens (including phenoxy) is 1. The van der Waals surface area contributed by atoms with Gasteiger partial charge in [-0.25, -0.2) is 4.79 Å². The summed E-state index contributed by atoms with van der Waals surface area (Å²) in [7, 11) is 0. The number of amides is 1. The van der Waals surface area contributed by atoms with Crippen molar-refractivity contribution in [1.29, 1.82) is 0 Å². The summed E-state index contributed by atoms with van der Waals surface area (Å²) in [5.74, 6) is -1.27. The molecule has 0 aromatic heterocycles. The highest BCUT2D eigenvalue weighted by Crippen LogP contribution is 2.33. The van der Waals surface area contributed by atoms with Crippen LogP contribution in [0, 0.1) is 5.92 Å². The van der Waals surface area contributed by atoms with Crippen LogP contribution in [0.3, 0.4) is 0 Å². The molecule has 0 spiro atoms. The van der Waals surface area contributed by atoms with Crippen molar-refractivity contribution in [2.45, 2.75) is 43.9 Å². The van der Waals surface area contributed by atoms with Gasteiger partial charge in [-0.3, -0.25) is 9.80 Å². The van der Waals surface area contributed by atoms with Gasteiger partial charge in [0.05, 0.1) is 31.0 Å². The summed E-state index contributed by atoms with van der Waals surface area (Å²) in [6.45, 7) is 1.25. The van der Waals surface area contributed by atoms with E-state index >= 15 is 0 Å². The Kier molecular flexibility index (Phi) is 5.32. The first-order chi connectivity index (χ1) is 13.6. The number of benzene rings is 1. The quantitative estimate of drug-likeness (QED) is 0.802. The third-order valence-electron chi connectivity index (χ3n) is 5.92. The maximum absolute atomic E-state index is 13.3. The lowest BCUT2D eigenvalue weighted by molar-refractivity contribution is -0.138. The number of aliphatic hydroxyl groups is 1. The van der Waals surface area contributed by atoms with Gasteiger partial charge in [-0.15, -0.1) is 0 Å². The topological polar surface area (TPSA) is 103 Å². The van der Waals surface area contributed by atoms with Crippen molar-refractivity contribution in [2.75, 3.05) is 24.8 Å². The van der Waals surface area contributed by atoms with Crippen LogP contribution in [0.5, 0.6) is 0 Å². The fourth-order valence-corrected chi connectivity index (χ4v) is 4.46. The molecule has 4 rings (SSSR count). The molecule has 1 aliphatic carbocycles. The van der Waals surface area contributed by atoms with E-state index in [1.54, 1.807) is 17.0 Å². The zero-order valence-electron chi connectivity index (χ0n) is 15.6. The van der Waals surface area contributed by atoms with Crippen LogP contribution in [0.25, 0.3) is 0 Å². The zero-order chi connectivity index (χ0) is 19.7. The smallest absolute Gasteiger partial charge is 0.328 e. The number of hydrogen-bond acceptors (Lipinski definition) is 6. The van der Waals surface area contributed by atoms with Crippen molar-refractivity contribution in [2.24, 2.45) is 11.0 Å². The Hall–Kier alpha value is -2.45. The molecule has 4 atom stereocenters. The molecule has 2 N–H and O–H groups in total. The number of morpholine rings is 1. The Morgan fingerprint density at radius 2 is 1.96 bits per heavy atom. The fourth-order valence-electron chi connectivity index (χ4n) is 4.46. The summed E-state index contributed by atoms with van der Waals surface area (Å²) >= 11 is 0. The van der Waals surface area contributed by atoms with Gasteiger partial charge >= 0.3 is 5.97 Å². The molecule has 1 aromatic rings. The highest BCUT2D eigenvalue weighted by atomic mass is 16.5. The number of nitrogens with zero attached hydrogens (tertiary/aromatic N) is 3. The maximum Gasteiger partial charge on any atom is 0.328 e. The van der Waals surface area contributed by atoms with Crippen molar-refractivity contribution in [3.63, 3.8) is 0 Å². The normalized spacial score (nSPS) is 30.4. The molecule has 2 fully saturated rings. The molecule has 0 bridgehead atoms. The van der Waals surface area contributed by atoms with Gasteiger partial charge in [0.25, 0.3) is 5.91 Å². The third kappa shape index (κ3) is 3.49. The highest BCUT2D eigenvalue weighted by Gasteiger charge is 2.43. The summed E-state index contributed by atoms with van der Waals surface area (Å²) in [6.07, 6.45) is 2.17. The van der Waals surface area contributed by atoms with E-state index in [1.807, 2.05) is 18.2 Å². The van der Waals surface area contributed by atoms with E-state index < -0.39 is 18.1 Å². The van der Waals surface area contributed by atoms with Gasteiger partial charge in [-0.1, -0.05) is 24.6 Å². The van der Waals surface area contributed by atoms with Crippen LogP contribution in [0.2, 0.25) is 0 Å². The molecule has 1 saturated heterocycles. The Morgan fingerprint density at radius 1 is 1.18 bits per heavy atom. The third-order valence-corrected chi connectivity index (χ3v) is 5.92. The Balaban J connectivity index is 1.58. The van der Waals surface area contributed by atoms with Crippen LogP contribution in [-0.2, 0) is 14.3 Å². The molecule has 28 heavy (non-hydrogen) atoms. The molecule has 1 amide bonds. The lowest BCUT2D eigenvalue weighted by Gasteiger charge is -2.40. The van der Waals surface area contributed by atoms with Crippen LogP contribution < -0.4 is 5.01 Å². The number of carbonyl (C=O) groups is 2. The van der Waals surface area contributed by atoms with E-state index in [9.17, 15) is 19.8 Å². The fraction of sp³-hybridized carbons (Fsp3) is 0.550. The van der Waals surface area contributed by atoms with Gasteiger partial charge in [0.2, 0.25) is 0 Å². The zero-order valence-corrected chi connectivity index (χ0v) is 15.6. The molecular formula is C20H25N3O5. The molecule has 2 heterocycles. The minimum atomic E-state index is -1.01. The lowest BCUT2D eigenvalue weighted by atomic mass is 9.93.